The van der Waals surface area contributed by atoms with E-state index >= 15 is 0 Å². The van der Waals surface area contributed by atoms with Crippen LogP contribution in [-0.2, 0) is 27.5 Å². The van der Waals surface area contributed by atoms with Crippen LogP contribution < -0.4 is 0 Å². The van der Waals surface area contributed by atoms with E-state index in [1.807, 2.05) is 45.0 Å². The summed E-state index contributed by atoms with van der Waals surface area (Å²) in [5.41, 5.74) is 1.51. The fourth-order valence-electron chi connectivity index (χ4n) is 1.48. The average Bonchev–Trinajstić information content (AvgIpc) is 2.41. The summed E-state index contributed by atoms with van der Waals surface area (Å²) in [6.45, 7) is 16.5. The first kappa shape index (κ1) is 18.3. The first-order valence-corrected chi connectivity index (χ1v) is 7.57. The lowest BCUT2D eigenvalue weighted by Crippen LogP contribution is -2.22. The van der Waals surface area contributed by atoms with E-state index in [1.165, 1.54) is 0 Å². The number of carbonyl (C=O) groups is 1. The summed E-state index contributed by atoms with van der Waals surface area (Å²) in [5.74, 6) is 0.581. The Bertz CT molecular complexity index is 464. The van der Waals surface area contributed by atoms with Crippen molar-refractivity contribution in [2.75, 3.05) is 0 Å². The van der Waals surface area contributed by atoms with Crippen LogP contribution in [0.15, 0.2) is 36.6 Å². The molecule has 0 amide bonds. The molecular weight excluding hydrogens is 276 g/mol. The molecule has 0 aromatic heterocycles. The molecule has 0 N–H and O–H groups in total. The van der Waals surface area contributed by atoms with Crippen LogP contribution in [0.2, 0.25) is 0 Å². The predicted octanol–water partition coefficient (Wildman–Crippen LogP) is 4.85. The monoisotopic (exact) mass is 304 g/mol. The highest BCUT2D eigenvalue weighted by Crippen LogP contribution is 2.25. The Labute approximate surface area is 134 Å². The van der Waals surface area contributed by atoms with Crippen LogP contribution in [0.5, 0.6) is 0 Å². The van der Waals surface area contributed by atoms with Gasteiger partial charge in [0.1, 0.15) is 13.2 Å². The first-order chi connectivity index (χ1) is 10.00. The Morgan fingerprint density at radius 2 is 1.27 bits per heavy atom. The fourth-order valence-corrected chi connectivity index (χ4v) is 1.48. The minimum Gasteiger partial charge on any atom is -0.493 e. The molecule has 122 valence electrons. The van der Waals surface area contributed by atoms with Crippen molar-refractivity contribution in [3.05, 3.63) is 47.7 Å². The zero-order valence-electron chi connectivity index (χ0n) is 14.7. The summed E-state index contributed by atoms with van der Waals surface area (Å²) in [7, 11) is 0. The molecule has 3 nitrogen and oxygen atoms in total. The minimum absolute atomic E-state index is 0.0545. The second-order valence-corrected chi connectivity index (χ2v) is 7.60. The van der Waals surface area contributed by atoms with E-state index in [1.54, 1.807) is 0 Å². The maximum Gasteiger partial charge on any atom is 0.311 e. The third-order valence-corrected chi connectivity index (χ3v) is 3.25. The van der Waals surface area contributed by atoms with Gasteiger partial charge in [0.2, 0.25) is 0 Å². The van der Waals surface area contributed by atoms with Crippen molar-refractivity contribution in [1.82, 2.24) is 0 Å². The molecule has 0 aliphatic rings. The Morgan fingerprint density at radius 1 is 0.864 bits per heavy atom. The third-order valence-electron chi connectivity index (χ3n) is 3.25. The number of allylic oxidation sites excluding steroid dienone is 1. The Balaban J connectivity index is 2.50. The molecular formula is C19H28O3. The molecule has 0 saturated heterocycles. The van der Waals surface area contributed by atoms with Crippen molar-refractivity contribution in [3.8, 4) is 0 Å². The zero-order chi connectivity index (χ0) is 17.0. The number of ether oxygens (including phenoxy) is 2. The van der Waals surface area contributed by atoms with Crippen molar-refractivity contribution in [2.45, 2.75) is 54.8 Å². The maximum atomic E-state index is 11.7. The van der Waals surface area contributed by atoms with E-state index in [0.29, 0.717) is 13.2 Å². The van der Waals surface area contributed by atoms with Crippen LogP contribution in [0.25, 0.3) is 0 Å². The molecule has 0 fully saturated rings. The Hall–Kier alpha value is -1.77. The molecule has 0 bridgehead atoms. The van der Waals surface area contributed by atoms with E-state index < -0.39 is 5.41 Å². The van der Waals surface area contributed by atoms with Crippen LogP contribution >= 0.6 is 0 Å². The topological polar surface area (TPSA) is 35.5 Å². The molecule has 0 radical (unpaired) electrons. The molecule has 3 heteroatoms. The van der Waals surface area contributed by atoms with E-state index in [-0.39, 0.29) is 11.4 Å². The molecule has 1 aromatic carbocycles. The highest BCUT2D eigenvalue weighted by atomic mass is 16.5. The summed E-state index contributed by atoms with van der Waals surface area (Å²) < 4.78 is 11.0. The second-order valence-electron chi connectivity index (χ2n) is 7.60. The fraction of sp³-hybridized carbons (Fsp3) is 0.526. The molecule has 1 aromatic rings. The van der Waals surface area contributed by atoms with Gasteiger partial charge < -0.3 is 9.47 Å². The highest BCUT2D eigenvalue weighted by molar-refractivity contribution is 5.75. The van der Waals surface area contributed by atoms with Crippen molar-refractivity contribution in [3.63, 3.8) is 0 Å². The van der Waals surface area contributed by atoms with Gasteiger partial charge in [-0.2, -0.15) is 0 Å². The zero-order valence-corrected chi connectivity index (χ0v) is 14.7. The standard InChI is InChI=1S/C19H28O3/c1-14(18(2,3)4)21-12-15-8-10-16(11-9-15)13-22-17(20)19(5,6)7/h8-11H,1,12-13H2,2-7H3. The molecule has 0 aliphatic carbocycles. The third kappa shape index (κ3) is 5.92. The minimum atomic E-state index is -0.471. The molecule has 22 heavy (non-hydrogen) atoms. The highest BCUT2D eigenvalue weighted by Gasteiger charge is 2.22. The van der Waals surface area contributed by atoms with Crippen LogP contribution in [0.3, 0.4) is 0 Å². The van der Waals surface area contributed by atoms with Crippen molar-refractivity contribution < 1.29 is 14.3 Å². The first-order valence-electron chi connectivity index (χ1n) is 7.57. The molecule has 0 saturated carbocycles. The van der Waals surface area contributed by atoms with Crippen LogP contribution in [0.4, 0.5) is 0 Å². The van der Waals surface area contributed by atoms with Crippen molar-refractivity contribution >= 4 is 5.97 Å². The summed E-state index contributed by atoms with van der Waals surface area (Å²) >= 11 is 0. The van der Waals surface area contributed by atoms with Gasteiger partial charge >= 0.3 is 5.97 Å². The van der Waals surface area contributed by atoms with E-state index in [9.17, 15) is 4.79 Å². The number of rotatable bonds is 5. The van der Waals surface area contributed by atoms with E-state index in [4.69, 9.17) is 9.47 Å². The van der Waals surface area contributed by atoms with Crippen molar-refractivity contribution in [2.24, 2.45) is 10.8 Å². The molecule has 0 unspecified atom stereocenters. The van der Waals surface area contributed by atoms with Gasteiger partial charge in [-0.1, -0.05) is 51.6 Å². The number of benzene rings is 1. The number of carbonyl (C=O) groups excluding carboxylic acids is 1. The molecule has 0 atom stereocenters. The van der Waals surface area contributed by atoms with Gasteiger partial charge in [-0.05, 0) is 31.9 Å². The summed E-state index contributed by atoms with van der Waals surface area (Å²) in [6, 6.07) is 7.87. The van der Waals surface area contributed by atoms with Crippen LogP contribution in [0.1, 0.15) is 52.7 Å². The molecule has 0 heterocycles. The molecule has 1 rings (SSSR count). The molecule has 0 spiro atoms. The smallest absolute Gasteiger partial charge is 0.311 e. The largest absolute Gasteiger partial charge is 0.493 e. The maximum absolute atomic E-state index is 11.7. The Morgan fingerprint density at radius 3 is 1.64 bits per heavy atom. The van der Waals surface area contributed by atoms with Gasteiger partial charge in [0.25, 0.3) is 0 Å². The quantitative estimate of drug-likeness (QED) is 0.576. The summed E-state index contributed by atoms with van der Waals surface area (Å²) in [5, 5.41) is 0. The van der Waals surface area contributed by atoms with Gasteiger partial charge in [-0.15, -0.1) is 0 Å². The summed E-state index contributed by atoms with van der Waals surface area (Å²) in [4.78, 5) is 11.7. The van der Waals surface area contributed by atoms with Gasteiger partial charge in [0.05, 0.1) is 11.2 Å². The predicted molar refractivity (Wildman–Crippen MR) is 89.1 cm³/mol. The van der Waals surface area contributed by atoms with Crippen LogP contribution in [0, 0.1) is 10.8 Å². The van der Waals surface area contributed by atoms with Gasteiger partial charge in [0.15, 0.2) is 0 Å². The lowest BCUT2D eigenvalue weighted by atomic mass is 9.95. The Kier molecular flexibility index (Phi) is 5.81. The van der Waals surface area contributed by atoms with E-state index in [2.05, 4.69) is 27.4 Å². The van der Waals surface area contributed by atoms with Gasteiger partial charge in [0, 0.05) is 5.41 Å². The van der Waals surface area contributed by atoms with Crippen LogP contribution in [-0.4, -0.2) is 5.97 Å². The van der Waals surface area contributed by atoms with Gasteiger partial charge in [-0.3, -0.25) is 4.79 Å². The number of hydrogen-bond acceptors (Lipinski definition) is 3. The van der Waals surface area contributed by atoms with Crippen molar-refractivity contribution in [1.29, 1.82) is 0 Å². The second kappa shape index (κ2) is 6.99. The number of hydrogen-bond donors (Lipinski definition) is 0. The summed E-state index contributed by atoms with van der Waals surface area (Å²) in [6.07, 6.45) is 0. The normalized spacial score (nSPS) is 11.9. The average molecular weight is 304 g/mol. The van der Waals surface area contributed by atoms with E-state index in [0.717, 1.165) is 16.9 Å². The SMILES string of the molecule is C=C(OCc1ccc(COC(=O)C(C)(C)C)cc1)C(C)(C)C. The number of esters is 1. The van der Waals surface area contributed by atoms with Gasteiger partial charge in [-0.25, -0.2) is 0 Å². The molecule has 0 aliphatic heterocycles. The lowest BCUT2D eigenvalue weighted by Gasteiger charge is -2.22. The lowest BCUT2D eigenvalue weighted by molar-refractivity contribution is -0.154.